The summed E-state index contributed by atoms with van der Waals surface area (Å²) in [4.78, 5) is 0. The van der Waals surface area contributed by atoms with Gasteiger partial charge in [0, 0.05) is 0 Å². The maximum Gasteiger partial charge on any atom is 0.115 e. The summed E-state index contributed by atoms with van der Waals surface area (Å²) in [6, 6.07) is 0. The molecule has 0 N–H and O–H groups in total. The van der Waals surface area contributed by atoms with Gasteiger partial charge >= 0.3 is 0 Å². The van der Waals surface area contributed by atoms with Crippen molar-refractivity contribution in [3.8, 4) is 0 Å². The molecule has 0 aliphatic carbocycles. The van der Waals surface area contributed by atoms with Gasteiger partial charge < -0.3 is 0 Å². The van der Waals surface area contributed by atoms with E-state index in [0.717, 1.165) is 0 Å². The molecule has 0 unspecified atom stereocenters. The summed E-state index contributed by atoms with van der Waals surface area (Å²) in [6.45, 7) is 2.60. The van der Waals surface area contributed by atoms with Crippen LogP contribution in [-0.2, 0) is 0 Å². The fraction of sp³-hybridized carbons (Fsp3) is 0.714. The minimum absolute atomic E-state index is 1.28. The Morgan fingerprint density at radius 3 is 2.12 bits per heavy atom. The molecule has 3 rings (SSSR count). The predicted molar refractivity (Wildman–Crippen MR) is 33.2 cm³/mol. The first-order chi connectivity index (χ1) is 3.95. The largest absolute Gasteiger partial charge is 0.292 e. The van der Waals surface area contributed by atoms with Gasteiger partial charge in [0.25, 0.3) is 0 Å². The maximum atomic E-state index is 2.44. The molecule has 0 saturated carbocycles. The molecule has 1 saturated heterocycles. The van der Waals surface area contributed by atoms with Crippen LogP contribution in [-0.4, -0.2) is 23.9 Å². The second kappa shape index (κ2) is 1.57. The van der Waals surface area contributed by atoms with Crippen molar-refractivity contribution < 1.29 is 4.58 Å². The normalized spacial score (nSPS) is 28.2. The molecule has 8 heavy (non-hydrogen) atoms. The molecule has 3 aliphatic heterocycles. The zero-order valence-electron chi connectivity index (χ0n) is 5.06. The summed E-state index contributed by atoms with van der Waals surface area (Å²) in [7, 11) is 0. The third-order valence-corrected chi connectivity index (χ3v) is 2.14. The summed E-state index contributed by atoms with van der Waals surface area (Å²) in [5.41, 5.74) is 0. The minimum Gasteiger partial charge on any atom is -0.292 e. The van der Waals surface area contributed by atoms with E-state index in [1.165, 1.54) is 32.4 Å². The van der Waals surface area contributed by atoms with E-state index in [9.17, 15) is 0 Å². The van der Waals surface area contributed by atoms with E-state index < -0.39 is 0 Å². The molecular weight excluding hydrogens is 98.1 g/mol. The number of nitrogens with zero attached hydrogens (tertiary/aromatic N) is 1. The zero-order chi connectivity index (χ0) is 5.40. The Labute approximate surface area is 50.0 Å². The lowest BCUT2D eigenvalue weighted by molar-refractivity contribution is -0.537. The van der Waals surface area contributed by atoms with Crippen molar-refractivity contribution in [1.29, 1.82) is 0 Å². The highest BCUT2D eigenvalue weighted by molar-refractivity contribution is 5.56. The van der Waals surface area contributed by atoms with Gasteiger partial charge in [-0.15, -0.1) is 12.8 Å². The molecule has 1 fully saturated rings. The summed E-state index contributed by atoms with van der Waals surface area (Å²) in [5, 5.41) is 0. The Balaban J connectivity index is 2.22. The Hall–Kier alpha value is -0.330. The van der Waals surface area contributed by atoms with Crippen LogP contribution in [0.1, 0.15) is 19.3 Å². The van der Waals surface area contributed by atoms with Crippen LogP contribution in [0.3, 0.4) is 0 Å². The molecule has 3 heterocycles. The van der Waals surface area contributed by atoms with Crippen molar-refractivity contribution in [2.75, 3.05) is 13.1 Å². The average molecular weight is 109 g/mol. The van der Waals surface area contributed by atoms with Gasteiger partial charge in [-0.25, -0.2) is 4.58 Å². The second-order valence-electron chi connectivity index (χ2n) is 2.67. The molecule has 0 spiro atoms. The van der Waals surface area contributed by atoms with E-state index in [0.29, 0.717) is 0 Å². The van der Waals surface area contributed by atoms with Gasteiger partial charge in [0.1, 0.15) is 19.3 Å². The quantitative estimate of drug-likeness (QED) is 0.320. The average Bonchev–Trinajstić information content (AvgIpc) is 1.92. The van der Waals surface area contributed by atoms with Gasteiger partial charge in [-0.2, -0.15) is 0 Å². The third kappa shape index (κ3) is 0.575. The van der Waals surface area contributed by atoms with Gasteiger partial charge in [0.2, 0.25) is 0 Å². The first-order valence-corrected chi connectivity index (χ1v) is 3.36. The number of piperidine rings is 1. The summed E-state index contributed by atoms with van der Waals surface area (Å²) in [5.74, 6) is 1.77. The molecule has 0 aromatic heterocycles. The van der Waals surface area contributed by atoms with Gasteiger partial charge in [0.15, 0.2) is 0 Å². The molecule has 3 aliphatic rings. The van der Waals surface area contributed by atoms with Crippen LogP contribution >= 0.6 is 0 Å². The lowest BCUT2D eigenvalue weighted by Gasteiger charge is -2.35. The molecule has 1 nitrogen and oxygen atoms in total. The maximum absolute atomic E-state index is 2.44. The van der Waals surface area contributed by atoms with Crippen molar-refractivity contribution in [2.45, 2.75) is 19.3 Å². The van der Waals surface area contributed by atoms with Crippen LogP contribution in [0, 0.1) is 5.92 Å². The van der Waals surface area contributed by atoms with E-state index in [-0.39, 0.29) is 0 Å². The molecule has 0 radical (unpaired) electrons. The first kappa shape index (κ1) is 4.54. The van der Waals surface area contributed by atoms with Gasteiger partial charge in [-0.05, 0) is 0 Å². The number of hydrogen-bond donors (Lipinski definition) is 0. The summed E-state index contributed by atoms with van der Waals surface area (Å²) < 4.78 is 2.44. The molecule has 0 atom stereocenters. The number of fused-ring (bicyclic) bond motifs is 3. The highest BCUT2D eigenvalue weighted by Gasteiger charge is 2.14. The third-order valence-electron chi connectivity index (χ3n) is 2.14. The van der Waals surface area contributed by atoms with Crippen molar-refractivity contribution in [2.24, 2.45) is 0 Å². The summed E-state index contributed by atoms with van der Waals surface area (Å²) >= 11 is 0. The molecule has 1 heteroatoms. The fourth-order valence-corrected chi connectivity index (χ4v) is 1.49. The minimum atomic E-state index is 1.28. The molecule has 44 valence electrons. The lowest BCUT2D eigenvalue weighted by atomic mass is 9.91. The molecule has 0 aromatic carbocycles. The second-order valence-corrected chi connectivity index (χ2v) is 2.67. The summed E-state index contributed by atoms with van der Waals surface area (Å²) in [6.07, 6.45) is 6.36. The van der Waals surface area contributed by atoms with Crippen LogP contribution in [0.15, 0.2) is 0 Å². The van der Waals surface area contributed by atoms with E-state index >= 15 is 0 Å². The van der Waals surface area contributed by atoms with Gasteiger partial charge in [-0.3, -0.25) is 5.92 Å². The topological polar surface area (TPSA) is 3.01 Å². The first-order valence-electron chi connectivity index (χ1n) is 3.36. The van der Waals surface area contributed by atoms with Crippen LogP contribution in [0.5, 0.6) is 0 Å². The number of rotatable bonds is 0. The van der Waals surface area contributed by atoms with Gasteiger partial charge in [-0.1, -0.05) is 6.42 Å². The van der Waals surface area contributed by atoms with E-state index in [4.69, 9.17) is 0 Å². The zero-order valence-corrected chi connectivity index (χ0v) is 5.06. The SMILES string of the molecule is C1=[N+]2CC[C-](C1)CC2. The van der Waals surface area contributed by atoms with E-state index in [1.54, 1.807) is 5.92 Å². The molecule has 2 bridgehead atoms. The van der Waals surface area contributed by atoms with E-state index in [1.807, 2.05) is 0 Å². The monoisotopic (exact) mass is 109 g/mol. The van der Waals surface area contributed by atoms with Crippen LogP contribution in [0.2, 0.25) is 0 Å². The Bertz CT molecular complexity index is 116. The van der Waals surface area contributed by atoms with Crippen LogP contribution in [0.4, 0.5) is 0 Å². The van der Waals surface area contributed by atoms with Crippen molar-refractivity contribution in [3.63, 3.8) is 0 Å². The molecule has 0 aromatic rings. The fourth-order valence-electron chi connectivity index (χ4n) is 1.49. The Kier molecular flexibility index (Phi) is 0.893. The highest BCUT2D eigenvalue weighted by atomic mass is 15.0. The smallest absolute Gasteiger partial charge is 0.115 e. The van der Waals surface area contributed by atoms with Crippen LogP contribution in [0.25, 0.3) is 0 Å². The number of hydrogen-bond acceptors (Lipinski definition) is 0. The lowest BCUT2D eigenvalue weighted by Crippen LogP contribution is -2.31. The highest BCUT2D eigenvalue weighted by Crippen LogP contribution is 2.23. The van der Waals surface area contributed by atoms with E-state index in [2.05, 4.69) is 10.8 Å². The van der Waals surface area contributed by atoms with Crippen molar-refractivity contribution >= 4 is 6.21 Å². The van der Waals surface area contributed by atoms with Crippen LogP contribution < -0.4 is 0 Å². The van der Waals surface area contributed by atoms with Crippen molar-refractivity contribution in [1.82, 2.24) is 0 Å². The Morgan fingerprint density at radius 2 is 2.00 bits per heavy atom. The molecular formula is C7H11N. The van der Waals surface area contributed by atoms with Crippen molar-refractivity contribution in [3.05, 3.63) is 5.92 Å². The predicted octanol–water partition coefficient (Wildman–Crippen LogP) is 0.842. The standard InChI is InChI=1S/C7H11N/c1-4-8-5-2-7(1)3-6-8/h4H,1-3,5-6H2. The molecule has 0 amide bonds. The Morgan fingerprint density at radius 1 is 1.25 bits per heavy atom. The van der Waals surface area contributed by atoms with Gasteiger partial charge in [0.05, 0.1) is 0 Å².